The average Bonchev–Trinajstić information content (AvgIpc) is 3.31. The van der Waals surface area contributed by atoms with E-state index in [4.69, 9.17) is 0 Å². The topological polar surface area (TPSA) is 64.7 Å². The number of hydrogen-bond acceptors (Lipinski definition) is 3. The minimum absolute atomic E-state index is 0.0202. The molecule has 124 valence electrons. The highest BCUT2D eigenvalue weighted by Crippen LogP contribution is 2.15. The van der Waals surface area contributed by atoms with Crippen molar-refractivity contribution in [3.8, 4) is 5.69 Å². The van der Waals surface area contributed by atoms with E-state index < -0.39 is 0 Å². The van der Waals surface area contributed by atoms with Crippen molar-refractivity contribution >= 4 is 22.6 Å². The van der Waals surface area contributed by atoms with Crippen LogP contribution in [0.15, 0.2) is 73.6 Å². The molecular formula is C19H17N5O. The standard InChI is InChI=1S/C19H17N5O/c25-19(9-11-24-14-21-17-3-1-2-4-18(17)24)22-15-5-7-16(8-6-15)23-12-10-20-13-23/h1-8,10,12-14H,9,11H2,(H,22,25). The molecule has 0 radical (unpaired) electrons. The number of anilines is 1. The van der Waals surface area contributed by atoms with Gasteiger partial charge in [-0.1, -0.05) is 12.1 Å². The molecule has 1 N–H and O–H groups in total. The predicted octanol–water partition coefficient (Wildman–Crippen LogP) is 3.25. The fraction of sp³-hybridized carbons (Fsp3) is 0.105. The maximum absolute atomic E-state index is 12.2. The van der Waals surface area contributed by atoms with Gasteiger partial charge in [0, 0.05) is 36.7 Å². The van der Waals surface area contributed by atoms with Crippen LogP contribution in [-0.4, -0.2) is 25.0 Å². The second-order valence-electron chi connectivity index (χ2n) is 5.74. The van der Waals surface area contributed by atoms with Crippen LogP contribution in [-0.2, 0) is 11.3 Å². The summed E-state index contributed by atoms with van der Waals surface area (Å²) in [5, 5.41) is 2.93. The number of benzene rings is 2. The van der Waals surface area contributed by atoms with E-state index in [-0.39, 0.29) is 5.91 Å². The fourth-order valence-corrected chi connectivity index (χ4v) is 2.76. The van der Waals surface area contributed by atoms with E-state index in [1.807, 2.05) is 63.9 Å². The number of nitrogens with zero attached hydrogens (tertiary/aromatic N) is 4. The number of carbonyl (C=O) groups is 1. The van der Waals surface area contributed by atoms with Crippen LogP contribution in [0.2, 0.25) is 0 Å². The van der Waals surface area contributed by atoms with Gasteiger partial charge < -0.3 is 14.5 Å². The number of amides is 1. The monoisotopic (exact) mass is 331 g/mol. The molecule has 2 aromatic carbocycles. The van der Waals surface area contributed by atoms with Gasteiger partial charge in [-0.05, 0) is 36.4 Å². The van der Waals surface area contributed by atoms with Crippen molar-refractivity contribution in [3.05, 3.63) is 73.6 Å². The second kappa shape index (κ2) is 6.60. The number of aromatic nitrogens is 4. The molecule has 0 atom stereocenters. The van der Waals surface area contributed by atoms with Gasteiger partial charge in [-0.25, -0.2) is 9.97 Å². The van der Waals surface area contributed by atoms with E-state index in [0.29, 0.717) is 13.0 Å². The number of hydrogen-bond donors (Lipinski definition) is 1. The normalized spacial score (nSPS) is 10.9. The highest BCUT2D eigenvalue weighted by atomic mass is 16.1. The van der Waals surface area contributed by atoms with Crippen LogP contribution in [0, 0.1) is 0 Å². The number of para-hydroxylation sites is 2. The first kappa shape index (κ1) is 15.1. The molecule has 4 rings (SSSR count). The van der Waals surface area contributed by atoms with E-state index >= 15 is 0 Å². The Kier molecular flexibility index (Phi) is 4.00. The molecule has 1 amide bonds. The zero-order chi connectivity index (χ0) is 17.1. The Labute approximate surface area is 144 Å². The Bertz CT molecular complexity index is 986. The molecule has 2 aromatic heterocycles. The SMILES string of the molecule is O=C(CCn1cnc2ccccc21)Nc1ccc(-n2ccnc2)cc1. The summed E-state index contributed by atoms with van der Waals surface area (Å²) in [5.41, 5.74) is 3.77. The Balaban J connectivity index is 1.37. The maximum atomic E-state index is 12.2. The summed E-state index contributed by atoms with van der Waals surface area (Å²) in [4.78, 5) is 20.6. The summed E-state index contributed by atoms with van der Waals surface area (Å²) >= 11 is 0. The van der Waals surface area contributed by atoms with Crippen molar-refractivity contribution < 1.29 is 4.79 Å². The molecule has 25 heavy (non-hydrogen) atoms. The summed E-state index contributed by atoms with van der Waals surface area (Å²) in [6.45, 7) is 0.597. The fourth-order valence-electron chi connectivity index (χ4n) is 2.76. The summed E-state index contributed by atoms with van der Waals surface area (Å²) in [6, 6.07) is 15.6. The lowest BCUT2D eigenvalue weighted by Crippen LogP contribution is -2.14. The number of fused-ring (bicyclic) bond motifs is 1. The number of nitrogens with one attached hydrogen (secondary N) is 1. The number of aryl methyl sites for hydroxylation is 1. The minimum Gasteiger partial charge on any atom is -0.330 e. The lowest BCUT2D eigenvalue weighted by molar-refractivity contribution is -0.116. The Morgan fingerprint density at radius 3 is 2.68 bits per heavy atom. The number of imidazole rings is 2. The number of rotatable bonds is 5. The van der Waals surface area contributed by atoms with Crippen molar-refractivity contribution in [2.24, 2.45) is 0 Å². The molecule has 6 heteroatoms. The van der Waals surface area contributed by atoms with Gasteiger partial charge in [-0.3, -0.25) is 4.79 Å². The summed E-state index contributed by atoms with van der Waals surface area (Å²) in [5.74, 6) is -0.0202. The molecule has 0 saturated carbocycles. The van der Waals surface area contributed by atoms with Gasteiger partial charge in [0.2, 0.25) is 5.91 Å². The molecule has 0 aliphatic carbocycles. The highest BCUT2D eigenvalue weighted by Gasteiger charge is 2.06. The van der Waals surface area contributed by atoms with Crippen LogP contribution >= 0.6 is 0 Å². The van der Waals surface area contributed by atoms with Crippen LogP contribution in [0.5, 0.6) is 0 Å². The number of carbonyl (C=O) groups excluding carboxylic acids is 1. The molecule has 0 aliphatic heterocycles. The average molecular weight is 331 g/mol. The van der Waals surface area contributed by atoms with Crippen LogP contribution in [0.25, 0.3) is 16.7 Å². The molecule has 2 heterocycles. The van der Waals surface area contributed by atoms with E-state index in [0.717, 1.165) is 22.4 Å². The van der Waals surface area contributed by atoms with Gasteiger partial charge in [-0.2, -0.15) is 0 Å². The van der Waals surface area contributed by atoms with E-state index in [1.165, 1.54) is 0 Å². The van der Waals surface area contributed by atoms with E-state index in [9.17, 15) is 4.79 Å². The molecule has 0 saturated heterocycles. The van der Waals surface area contributed by atoms with Gasteiger partial charge in [0.05, 0.1) is 23.7 Å². The van der Waals surface area contributed by atoms with Gasteiger partial charge >= 0.3 is 0 Å². The zero-order valence-electron chi connectivity index (χ0n) is 13.5. The van der Waals surface area contributed by atoms with Crippen molar-refractivity contribution in [1.82, 2.24) is 19.1 Å². The van der Waals surface area contributed by atoms with Gasteiger partial charge in [0.1, 0.15) is 0 Å². The van der Waals surface area contributed by atoms with E-state index in [2.05, 4.69) is 15.3 Å². The van der Waals surface area contributed by atoms with Crippen LogP contribution in [0.3, 0.4) is 0 Å². The van der Waals surface area contributed by atoms with Crippen LogP contribution < -0.4 is 5.32 Å². The zero-order valence-corrected chi connectivity index (χ0v) is 13.5. The third kappa shape index (κ3) is 3.28. The van der Waals surface area contributed by atoms with Crippen LogP contribution in [0.4, 0.5) is 5.69 Å². The predicted molar refractivity (Wildman–Crippen MR) is 96.5 cm³/mol. The second-order valence-corrected chi connectivity index (χ2v) is 5.74. The highest BCUT2D eigenvalue weighted by molar-refractivity contribution is 5.90. The van der Waals surface area contributed by atoms with E-state index in [1.54, 1.807) is 18.9 Å². The first-order valence-electron chi connectivity index (χ1n) is 8.08. The quantitative estimate of drug-likeness (QED) is 0.610. The Morgan fingerprint density at radius 2 is 1.88 bits per heavy atom. The van der Waals surface area contributed by atoms with Crippen LogP contribution in [0.1, 0.15) is 6.42 Å². The summed E-state index contributed by atoms with van der Waals surface area (Å²) in [6.07, 6.45) is 7.52. The molecular weight excluding hydrogens is 314 g/mol. The Morgan fingerprint density at radius 1 is 1.04 bits per heavy atom. The third-order valence-corrected chi connectivity index (χ3v) is 4.06. The first-order chi connectivity index (χ1) is 12.3. The summed E-state index contributed by atoms with van der Waals surface area (Å²) < 4.78 is 3.91. The van der Waals surface area contributed by atoms with Gasteiger partial charge in [-0.15, -0.1) is 0 Å². The van der Waals surface area contributed by atoms with Gasteiger partial charge in [0.15, 0.2) is 0 Å². The molecule has 0 fully saturated rings. The van der Waals surface area contributed by atoms with Gasteiger partial charge in [0.25, 0.3) is 0 Å². The molecule has 0 spiro atoms. The molecule has 4 aromatic rings. The lowest BCUT2D eigenvalue weighted by Gasteiger charge is -2.08. The summed E-state index contributed by atoms with van der Waals surface area (Å²) in [7, 11) is 0. The molecule has 0 bridgehead atoms. The Hall–Kier alpha value is -3.41. The molecule has 0 unspecified atom stereocenters. The van der Waals surface area contributed by atoms with Crippen molar-refractivity contribution in [3.63, 3.8) is 0 Å². The lowest BCUT2D eigenvalue weighted by atomic mass is 10.2. The van der Waals surface area contributed by atoms with Crippen molar-refractivity contribution in [2.45, 2.75) is 13.0 Å². The first-order valence-corrected chi connectivity index (χ1v) is 8.08. The van der Waals surface area contributed by atoms with Crippen molar-refractivity contribution in [2.75, 3.05) is 5.32 Å². The largest absolute Gasteiger partial charge is 0.330 e. The molecule has 0 aliphatic rings. The molecule has 6 nitrogen and oxygen atoms in total. The smallest absolute Gasteiger partial charge is 0.226 e. The maximum Gasteiger partial charge on any atom is 0.226 e. The van der Waals surface area contributed by atoms with Crippen molar-refractivity contribution in [1.29, 1.82) is 0 Å². The minimum atomic E-state index is -0.0202. The third-order valence-electron chi connectivity index (χ3n) is 4.06.